The van der Waals surface area contributed by atoms with Gasteiger partial charge in [-0.1, -0.05) is 11.6 Å². The number of carbonyl (C=O) groups is 1. The summed E-state index contributed by atoms with van der Waals surface area (Å²) < 4.78 is 32.5. The van der Waals surface area contributed by atoms with Gasteiger partial charge in [-0.05, 0) is 30.0 Å². The van der Waals surface area contributed by atoms with Crippen LogP contribution in [0.5, 0.6) is 0 Å². The number of hydrogen-bond donors (Lipinski definition) is 1. The summed E-state index contributed by atoms with van der Waals surface area (Å²) in [6.07, 6.45) is 0. The standard InChI is InChI=1S/C12H12ClNO4S3/c1-7-6-19-10(12(15)18-2)11(7)21(16,17)14-5-8-3-4-9(13)20-8/h3-4,6,14H,5H2,1-2H3. The van der Waals surface area contributed by atoms with E-state index in [1.165, 1.54) is 18.4 Å². The Hall–Kier alpha value is -0.930. The van der Waals surface area contributed by atoms with Crippen molar-refractivity contribution in [1.29, 1.82) is 0 Å². The molecule has 5 nitrogen and oxygen atoms in total. The van der Waals surface area contributed by atoms with E-state index in [2.05, 4.69) is 9.46 Å². The zero-order chi connectivity index (χ0) is 15.6. The van der Waals surface area contributed by atoms with E-state index in [9.17, 15) is 13.2 Å². The quantitative estimate of drug-likeness (QED) is 0.826. The molecule has 0 aromatic carbocycles. The molecule has 2 rings (SSSR count). The summed E-state index contributed by atoms with van der Waals surface area (Å²) in [5, 5.41) is 1.61. The lowest BCUT2D eigenvalue weighted by molar-refractivity contribution is 0.0602. The highest BCUT2D eigenvalue weighted by atomic mass is 35.5. The second-order valence-corrected chi connectivity index (χ2v) is 8.48. The minimum absolute atomic E-state index is 0.0259. The predicted molar refractivity (Wildman–Crippen MR) is 83.8 cm³/mol. The Kier molecular flexibility index (Phi) is 5.05. The monoisotopic (exact) mass is 365 g/mol. The molecule has 0 saturated heterocycles. The van der Waals surface area contributed by atoms with Crippen LogP contribution in [0.25, 0.3) is 0 Å². The highest BCUT2D eigenvalue weighted by Crippen LogP contribution is 2.28. The first-order valence-electron chi connectivity index (χ1n) is 5.75. The van der Waals surface area contributed by atoms with Crippen LogP contribution in [0.3, 0.4) is 0 Å². The molecule has 0 bridgehead atoms. The van der Waals surface area contributed by atoms with Gasteiger partial charge >= 0.3 is 5.97 Å². The van der Waals surface area contributed by atoms with E-state index in [-0.39, 0.29) is 16.3 Å². The average Bonchev–Trinajstić information content (AvgIpc) is 3.02. The average molecular weight is 366 g/mol. The third-order valence-corrected chi connectivity index (χ3v) is 6.65. The van der Waals surface area contributed by atoms with Gasteiger partial charge in [0.2, 0.25) is 10.0 Å². The fourth-order valence-corrected chi connectivity index (χ4v) is 5.51. The fraction of sp³-hybridized carbons (Fsp3) is 0.250. The van der Waals surface area contributed by atoms with Crippen molar-refractivity contribution in [3.05, 3.63) is 37.2 Å². The van der Waals surface area contributed by atoms with Crippen LogP contribution in [-0.2, 0) is 21.3 Å². The van der Waals surface area contributed by atoms with E-state index in [0.29, 0.717) is 9.90 Å². The Morgan fingerprint density at radius 1 is 1.43 bits per heavy atom. The predicted octanol–water partition coefficient (Wildman–Crippen LogP) is 3.04. The second-order valence-electron chi connectivity index (χ2n) is 4.10. The Balaban J connectivity index is 2.27. The van der Waals surface area contributed by atoms with Crippen LogP contribution in [-0.4, -0.2) is 21.5 Å². The van der Waals surface area contributed by atoms with Gasteiger partial charge in [0.15, 0.2) is 0 Å². The number of esters is 1. The molecule has 0 spiro atoms. The molecule has 0 fully saturated rings. The van der Waals surface area contributed by atoms with Crippen molar-refractivity contribution in [2.45, 2.75) is 18.4 Å². The smallest absolute Gasteiger partial charge is 0.349 e. The SMILES string of the molecule is COC(=O)c1scc(C)c1S(=O)(=O)NCc1ccc(Cl)s1. The van der Waals surface area contributed by atoms with Gasteiger partial charge in [-0.25, -0.2) is 17.9 Å². The van der Waals surface area contributed by atoms with E-state index in [0.717, 1.165) is 16.2 Å². The molecule has 2 aromatic rings. The number of halogens is 1. The van der Waals surface area contributed by atoms with Gasteiger partial charge in [0, 0.05) is 11.4 Å². The van der Waals surface area contributed by atoms with Crippen molar-refractivity contribution in [2.75, 3.05) is 7.11 Å². The molecule has 0 amide bonds. The zero-order valence-corrected chi connectivity index (χ0v) is 14.4. The van der Waals surface area contributed by atoms with Gasteiger partial charge in [0.05, 0.1) is 11.4 Å². The third-order valence-electron chi connectivity index (χ3n) is 2.62. The van der Waals surface area contributed by atoms with Crippen molar-refractivity contribution in [3.8, 4) is 0 Å². The number of thiophene rings is 2. The molecule has 0 aliphatic carbocycles. The van der Waals surface area contributed by atoms with Gasteiger partial charge < -0.3 is 4.74 Å². The topological polar surface area (TPSA) is 72.5 Å². The van der Waals surface area contributed by atoms with Gasteiger partial charge in [-0.15, -0.1) is 22.7 Å². The summed E-state index contributed by atoms with van der Waals surface area (Å²) in [5.41, 5.74) is 0.511. The van der Waals surface area contributed by atoms with Crippen LogP contribution in [0.2, 0.25) is 4.34 Å². The lowest BCUT2D eigenvalue weighted by atomic mass is 10.3. The summed E-state index contributed by atoms with van der Waals surface area (Å²) >= 11 is 8.15. The third kappa shape index (κ3) is 3.64. The number of hydrogen-bond acceptors (Lipinski definition) is 6. The Morgan fingerprint density at radius 2 is 2.14 bits per heavy atom. The first-order chi connectivity index (χ1) is 9.85. The first kappa shape index (κ1) is 16.4. The van der Waals surface area contributed by atoms with Gasteiger partial charge in [-0.2, -0.15) is 0 Å². The molecule has 2 heterocycles. The van der Waals surface area contributed by atoms with E-state index >= 15 is 0 Å². The molecule has 0 aliphatic heterocycles. The van der Waals surface area contributed by atoms with Crippen LogP contribution >= 0.6 is 34.3 Å². The van der Waals surface area contributed by atoms with Crippen molar-refractivity contribution in [2.24, 2.45) is 0 Å². The second kappa shape index (κ2) is 6.45. The van der Waals surface area contributed by atoms with E-state index in [4.69, 9.17) is 11.6 Å². The highest BCUT2D eigenvalue weighted by Gasteiger charge is 2.27. The summed E-state index contributed by atoms with van der Waals surface area (Å²) in [5.74, 6) is -0.660. The van der Waals surface area contributed by atoms with Crippen molar-refractivity contribution >= 4 is 50.3 Å². The molecule has 114 valence electrons. The Bertz CT molecular complexity index is 763. The Morgan fingerprint density at radius 3 is 2.71 bits per heavy atom. The van der Waals surface area contributed by atoms with Crippen LogP contribution in [0.4, 0.5) is 0 Å². The molecule has 0 aliphatic rings. The van der Waals surface area contributed by atoms with Crippen LogP contribution in [0, 0.1) is 6.92 Å². The molecule has 1 N–H and O–H groups in total. The Labute approximate surface area is 135 Å². The number of sulfonamides is 1. The molecule has 2 aromatic heterocycles. The molecule has 0 unspecified atom stereocenters. The number of methoxy groups -OCH3 is 1. The molecule has 9 heteroatoms. The summed E-state index contributed by atoms with van der Waals surface area (Å²) in [4.78, 5) is 12.5. The number of aryl methyl sites for hydroxylation is 1. The molecular formula is C12H12ClNO4S3. The maximum Gasteiger partial charge on any atom is 0.349 e. The summed E-state index contributed by atoms with van der Waals surface area (Å²) in [6, 6.07) is 3.45. The summed E-state index contributed by atoms with van der Waals surface area (Å²) in [6.45, 7) is 1.76. The minimum atomic E-state index is -3.80. The van der Waals surface area contributed by atoms with Gasteiger partial charge in [0.1, 0.15) is 9.77 Å². The van der Waals surface area contributed by atoms with Crippen molar-refractivity contribution < 1.29 is 17.9 Å². The lowest BCUT2D eigenvalue weighted by Gasteiger charge is -2.07. The summed E-state index contributed by atoms with van der Waals surface area (Å²) in [7, 11) is -2.58. The number of nitrogens with one attached hydrogen (secondary N) is 1. The van der Waals surface area contributed by atoms with E-state index in [1.54, 1.807) is 24.4 Å². The minimum Gasteiger partial charge on any atom is -0.465 e. The van der Waals surface area contributed by atoms with Crippen LogP contribution in [0.15, 0.2) is 22.4 Å². The molecular weight excluding hydrogens is 354 g/mol. The molecule has 21 heavy (non-hydrogen) atoms. The number of carbonyl (C=O) groups excluding carboxylic acids is 1. The molecule has 0 radical (unpaired) electrons. The maximum atomic E-state index is 12.4. The van der Waals surface area contributed by atoms with Crippen molar-refractivity contribution in [1.82, 2.24) is 4.72 Å². The number of rotatable bonds is 5. The van der Waals surface area contributed by atoms with Crippen molar-refractivity contribution in [3.63, 3.8) is 0 Å². The normalized spacial score (nSPS) is 11.6. The largest absolute Gasteiger partial charge is 0.465 e. The van der Waals surface area contributed by atoms with Crippen LogP contribution in [0.1, 0.15) is 20.1 Å². The van der Waals surface area contributed by atoms with E-state index in [1.807, 2.05) is 0 Å². The van der Waals surface area contributed by atoms with Crippen LogP contribution < -0.4 is 4.72 Å². The maximum absolute atomic E-state index is 12.4. The highest BCUT2D eigenvalue weighted by molar-refractivity contribution is 7.89. The van der Waals surface area contributed by atoms with Gasteiger partial charge in [0.25, 0.3) is 0 Å². The first-order valence-corrected chi connectivity index (χ1v) is 9.31. The van der Waals surface area contributed by atoms with E-state index < -0.39 is 16.0 Å². The zero-order valence-electron chi connectivity index (χ0n) is 11.2. The van der Waals surface area contributed by atoms with Gasteiger partial charge in [-0.3, -0.25) is 0 Å². The lowest BCUT2D eigenvalue weighted by Crippen LogP contribution is -2.24. The molecule has 0 atom stereocenters. The fourth-order valence-electron chi connectivity index (χ4n) is 1.69. The molecule has 0 saturated carbocycles. The number of ether oxygens (including phenoxy) is 1.